The maximum Gasteiger partial charge on any atom is 0.251 e. The van der Waals surface area contributed by atoms with Gasteiger partial charge in [0, 0.05) is 22.1 Å². The van der Waals surface area contributed by atoms with Crippen molar-refractivity contribution < 1.29 is 4.79 Å². The molecule has 0 saturated heterocycles. The average Bonchev–Trinajstić information content (AvgIpc) is 2.58. The van der Waals surface area contributed by atoms with Gasteiger partial charge in [0.1, 0.15) is 0 Å². The van der Waals surface area contributed by atoms with E-state index in [0.717, 1.165) is 30.2 Å². The molecular formula is C14H18BrClN2O. The van der Waals surface area contributed by atoms with Crippen LogP contribution in [0.25, 0.3) is 0 Å². The fourth-order valence-electron chi connectivity index (χ4n) is 2.40. The molecule has 1 aromatic rings. The molecule has 0 aromatic heterocycles. The number of benzene rings is 1. The first-order valence-corrected chi connectivity index (χ1v) is 7.76. The molecule has 104 valence electrons. The summed E-state index contributed by atoms with van der Waals surface area (Å²) in [4.78, 5) is 12.2. The van der Waals surface area contributed by atoms with Crippen LogP contribution in [0.4, 0.5) is 0 Å². The summed E-state index contributed by atoms with van der Waals surface area (Å²) in [6, 6.07) is 5.31. The van der Waals surface area contributed by atoms with Gasteiger partial charge >= 0.3 is 0 Å². The highest BCUT2D eigenvalue weighted by molar-refractivity contribution is 9.10. The molecule has 2 unspecified atom stereocenters. The van der Waals surface area contributed by atoms with Crippen molar-refractivity contribution in [1.82, 2.24) is 5.32 Å². The Labute approximate surface area is 127 Å². The highest BCUT2D eigenvalue weighted by Crippen LogP contribution is 2.23. The second kappa shape index (κ2) is 6.73. The molecule has 1 saturated carbocycles. The summed E-state index contributed by atoms with van der Waals surface area (Å²) in [7, 11) is 0. The van der Waals surface area contributed by atoms with Gasteiger partial charge < -0.3 is 11.1 Å². The van der Waals surface area contributed by atoms with Gasteiger partial charge in [-0.05, 0) is 47.0 Å². The van der Waals surface area contributed by atoms with E-state index in [4.69, 9.17) is 17.3 Å². The van der Waals surface area contributed by atoms with Gasteiger partial charge in [0.2, 0.25) is 0 Å². The van der Waals surface area contributed by atoms with Crippen LogP contribution in [0.5, 0.6) is 0 Å². The number of nitrogens with one attached hydrogen (secondary N) is 1. The predicted molar refractivity (Wildman–Crippen MR) is 81.5 cm³/mol. The van der Waals surface area contributed by atoms with Gasteiger partial charge in [-0.25, -0.2) is 0 Å². The van der Waals surface area contributed by atoms with Crippen LogP contribution < -0.4 is 11.1 Å². The van der Waals surface area contributed by atoms with Crippen molar-refractivity contribution in [3.05, 3.63) is 33.3 Å². The Bertz CT molecular complexity index is 467. The number of carbonyl (C=O) groups excluding carboxylic acids is 1. The van der Waals surface area contributed by atoms with Gasteiger partial charge in [-0.3, -0.25) is 4.79 Å². The van der Waals surface area contributed by atoms with E-state index in [2.05, 4.69) is 21.2 Å². The fraction of sp³-hybridized carbons (Fsp3) is 0.500. The van der Waals surface area contributed by atoms with E-state index in [-0.39, 0.29) is 18.0 Å². The second-order valence-corrected chi connectivity index (χ2v) is 6.27. The number of nitrogens with two attached hydrogens (primary N) is 1. The predicted octanol–water partition coefficient (Wildman–Crippen LogP) is 3.49. The van der Waals surface area contributed by atoms with E-state index in [1.54, 1.807) is 18.2 Å². The molecule has 3 nitrogen and oxygen atoms in total. The summed E-state index contributed by atoms with van der Waals surface area (Å²) in [5, 5.41) is 3.64. The Hall–Kier alpha value is -0.580. The molecule has 3 N–H and O–H groups in total. The minimum Gasteiger partial charge on any atom is -0.348 e. The third-order valence-electron chi connectivity index (χ3n) is 3.57. The lowest BCUT2D eigenvalue weighted by atomic mass is 10.0. The summed E-state index contributed by atoms with van der Waals surface area (Å²) in [6.45, 7) is 0. The van der Waals surface area contributed by atoms with Crippen LogP contribution in [0.1, 0.15) is 42.5 Å². The number of halogens is 2. The van der Waals surface area contributed by atoms with Gasteiger partial charge in [-0.2, -0.15) is 0 Å². The quantitative estimate of drug-likeness (QED) is 0.806. The van der Waals surface area contributed by atoms with Crippen LogP contribution in [0.3, 0.4) is 0 Å². The van der Waals surface area contributed by atoms with Gasteiger partial charge in [-0.1, -0.05) is 30.9 Å². The second-order valence-electron chi connectivity index (χ2n) is 5.01. The Balaban J connectivity index is 2.05. The fourth-order valence-corrected chi connectivity index (χ4v) is 2.90. The van der Waals surface area contributed by atoms with Gasteiger partial charge in [-0.15, -0.1) is 0 Å². The Morgan fingerprint density at radius 2 is 2.05 bits per heavy atom. The zero-order valence-corrected chi connectivity index (χ0v) is 13.0. The van der Waals surface area contributed by atoms with Gasteiger partial charge in [0.25, 0.3) is 5.91 Å². The standard InChI is InChI=1S/C14H18BrClN2O/c15-10-8-9(6-7-11(10)16)14(19)18-13-5-3-1-2-4-12(13)17/h6-8,12-13H,1-5,17H2,(H,18,19). The van der Waals surface area contributed by atoms with Crippen LogP contribution >= 0.6 is 27.5 Å². The summed E-state index contributed by atoms with van der Waals surface area (Å²) < 4.78 is 0.729. The molecule has 1 aliphatic carbocycles. The summed E-state index contributed by atoms with van der Waals surface area (Å²) >= 11 is 9.25. The number of amides is 1. The van der Waals surface area contributed by atoms with Crippen molar-refractivity contribution in [2.45, 2.75) is 44.2 Å². The van der Waals surface area contributed by atoms with Gasteiger partial charge in [0.05, 0.1) is 5.02 Å². The molecule has 1 aromatic carbocycles. The molecule has 1 fully saturated rings. The highest BCUT2D eigenvalue weighted by Gasteiger charge is 2.22. The highest BCUT2D eigenvalue weighted by atomic mass is 79.9. The van der Waals surface area contributed by atoms with E-state index in [9.17, 15) is 4.79 Å². The zero-order valence-electron chi connectivity index (χ0n) is 10.7. The summed E-state index contributed by atoms with van der Waals surface area (Å²) in [5.41, 5.74) is 6.72. The van der Waals surface area contributed by atoms with Crippen LogP contribution in [-0.2, 0) is 0 Å². The van der Waals surface area contributed by atoms with Crippen molar-refractivity contribution >= 4 is 33.4 Å². The maximum absolute atomic E-state index is 12.2. The molecule has 0 radical (unpaired) electrons. The normalized spacial score (nSPS) is 23.7. The lowest BCUT2D eigenvalue weighted by Crippen LogP contribution is -2.46. The molecule has 1 aliphatic rings. The summed E-state index contributed by atoms with van der Waals surface area (Å²) in [5.74, 6) is -0.0836. The molecule has 0 heterocycles. The average molecular weight is 346 g/mol. The van der Waals surface area contributed by atoms with Crippen molar-refractivity contribution in [2.24, 2.45) is 5.73 Å². The SMILES string of the molecule is NC1CCCCCC1NC(=O)c1ccc(Cl)c(Br)c1. The third kappa shape index (κ3) is 3.94. The lowest BCUT2D eigenvalue weighted by molar-refractivity contribution is 0.0929. The monoisotopic (exact) mass is 344 g/mol. The molecule has 2 atom stereocenters. The topological polar surface area (TPSA) is 55.1 Å². The maximum atomic E-state index is 12.2. The first kappa shape index (κ1) is 14.8. The van der Waals surface area contributed by atoms with Crippen molar-refractivity contribution in [3.63, 3.8) is 0 Å². The first-order chi connectivity index (χ1) is 9.08. The van der Waals surface area contributed by atoms with E-state index in [1.165, 1.54) is 6.42 Å². The van der Waals surface area contributed by atoms with Crippen molar-refractivity contribution in [1.29, 1.82) is 0 Å². The number of carbonyl (C=O) groups is 1. The largest absolute Gasteiger partial charge is 0.348 e. The van der Waals surface area contributed by atoms with Crippen LogP contribution in [0.15, 0.2) is 22.7 Å². The number of rotatable bonds is 2. The van der Waals surface area contributed by atoms with Crippen molar-refractivity contribution in [2.75, 3.05) is 0 Å². The molecule has 19 heavy (non-hydrogen) atoms. The third-order valence-corrected chi connectivity index (χ3v) is 4.78. The van der Waals surface area contributed by atoms with E-state index < -0.39 is 0 Å². The number of hydrogen-bond acceptors (Lipinski definition) is 2. The Morgan fingerprint density at radius 3 is 2.79 bits per heavy atom. The zero-order chi connectivity index (χ0) is 13.8. The molecule has 0 bridgehead atoms. The molecule has 1 amide bonds. The molecule has 0 spiro atoms. The van der Waals surface area contributed by atoms with Crippen LogP contribution in [-0.4, -0.2) is 18.0 Å². The summed E-state index contributed by atoms with van der Waals surface area (Å²) in [6.07, 6.45) is 5.42. The number of hydrogen-bond donors (Lipinski definition) is 2. The molecule has 5 heteroatoms. The lowest BCUT2D eigenvalue weighted by Gasteiger charge is -2.22. The molecule has 2 rings (SSSR count). The molecule has 0 aliphatic heterocycles. The minimum absolute atomic E-state index is 0.0576. The minimum atomic E-state index is -0.0836. The van der Waals surface area contributed by atoms with Crippen molar-refractivity contribution in [3.8, 4) is 0 Å². The van der Waals surface area contributed by atoms with Crippen LogP contribution in [0.2, 0.25) is 5.02 Å². The van der Waals surface area contributed by atoms with E-state index in [0.29, 0.717) is 10.6 Å². The molecular weight excluding hydrogens is 328 g/mol. The Kier molecular flexibility index (Phi) is 5.25. The van der Waals surface area contributed by atoms with Crippen LogP contribution in [0, 0.1) is 0 Å². The van der Waals surface area contributed by atoms with E-state index >= 15 is 0 Å². The van der Waals surface area contributed by atoms with E-state index in [1.807, 2.05) is 0 Å². The Morgan fingerprint density at radius 1 is 1.32 bits per heavy atom. The first-order valence-electron chi connectivity index (χ1n) is 6.59. The smallest absolute Gasteiger partial charge is 0.251 e. The van der Waals surface area contributed by atoms with Gasteiger partial charge in [0.15, 0.2) is 0 Å².